The van der Waals surface area contributed by atoms with Crippen molar-refractivity contribution in [3.63, 3.8) is 0 Å². The summed E-state index contributed by atoms with van der Waals surface area (Å²) >= 11 is 1.93. The highest BCUT2D eigenvalue weighted by molar-refractivity contribution is 7.99. The molecule has 19 heavy (non-hydrogen) atoms. The maximum Gasteiger partial charge on any atom is 0.0373 e. The van der Waals surface area contributed by atoms with Crippen LogP contribution in [-0.2, 0) is 0 Å². The van der Waals surface area contributed by atoms with E-state index in [0.29, 0.717) is 5.92 Å². The van der Waals surface area contributed by atoms with Crippen LogP contribution in [0.2, 0.25) is 0 Å². The minimum atomic E-state index is 0.0924. The zero-order valence-electron chi connectivity index (χ0n) is 11.4. The molecule has 2 unspecified atom stereocenters. The maximum atomic E-state index is 6.54. The largest absolute Gasteiger partial charge is 0.323 e. The zero-order chi connectivity index (χ0) is 13.4. The molecule has 0 fully saturated rings. The number of rotatable bonds is 2. The van der Waals surface area contributed by atoms with Crippen molar-refractivity contribution < 1.29 is 0 Å². The van der Waals surface area contributed by atoms with Crippen LogP contribution < -0.4 is 5.73 Å². The quantitative estimate of drug-likeness (QED) is 0.884. The summed E-state index contributed by atoms with van der Waals surface area (Å²) < 4.78 is 0. The van der Waals surface area contributed by atoms with Gasteiger partial charge in [-0.25, -0.2) is 0 Å². The zero-order valence-corrected chi connectivity index (χ0v) is 12.2. The lowest BCUT2D eigenvalue weighted by molar-refractivity contribution is 0.606. The number of benzene rings is 2. The summed E-state index contributed by atoms with van der Waals surface area (Å²) in [5.74, 6) is 1.52. The lowest BCUT2D eigenvalue weighted by Crippen LogP contribution is -2.20. The number of nitrogens with two attached hydrogens (primary N) is 1. The van der Waals surface area contributed by atoms with Gasteiger partial charge in [0.15, 0.2) is 0 Å². The first kappa shape index (κ1) is 12.8. The first-order chi connectivity index (χ1) is 9.15. The van der Waals surface area contributed by atoms with Crippen LogP contribution in [0.25, 0.3) is 0 Å². The molecule has 2 aromatic carbocycles. The Kier molecular flexibility index (Phi) is 3.38. The number of fused-ring (bicyclic) bond motifs is 1. The molecule has 2 atom stereocenters. The Hall–Kier alpha value is -1.25. The van der Waals surface area contributed by atoms with Gasteiger partial charge < -0.3 is 5.73 Å². The van der Waals surface area contributed by atoms with Crippen molar-refractivity contribution in [3.8, 4) is 0 Å². The second kappa shape index (κ2) is 5.03. The van der Waals surface area contributed by atoms with Crippen LogP contribution in [-0.4, -0.2) is 5.75 Å². The SMILES string of the molecule is Cc1cc(C)cc(C(N)C2CSc3ccccc32)c1. The van der Waals surface area contributed by atoms with Gasteiger partial charge in [-0.15, -0.1) is 11.8 Å². The Bertz CT molecular complexity index is 586. The molecular formula is C17H19NS. The fourth-order valence-electron chi connectivity index (χ4n) is 2.92. The second-order valence-corrected chi connectivity index (χ2v) is 6.46. The summed E-state index contributed by atoms with van der Waals surface area (Å²) in [6.07, 6.45) is 0. The van der Waals surface area contributed by atoms with Gasteiger partial charge in [-0.05, 0) is 31.0 Å². The Morgan fingerprint density at radius 1 is 1.11 bits per heavy atom. The molecule has 98 valence electrons. The Morgan fingerprint density at radius 3 is 2.53 bits per heavy atom. The van der Waals surface area contributed by atoms with Crippen LogP contribution in [0.5, 0.6) is 0 Å². The third-order valence-electron chi connectivity index (χ3n) is 3.80. The van der Waals surface area contributed by atoms with Gasteiger partial charge in [0.25, 0.3) is 0 Å². The summed E-state index contributed by atoms with van der Waals surface area (Å²) in [6.45, 7) is 4.28. The molecule has 0 saturated carbocycles. The van der Waals surface area contributed by atoms with Crippen molar-refractivity contribution in [2.45, 2.75) is 30.7 Å². The molecule has 1 aliphatic rings. The van der Waals surface area contributed by atoms with Crippen LogP contribution in [0.4, 0.5) is 0 Å². The predicted octanol–water partition coefficient (Wildman–Crippen LogP) is 4.19. The van der Waals surface area contributed by atoms with E-state index >= 15 is 0 Å². The van der Waals surface area contributed by atoms with E-state index in [-0.39, 0.29) is 6.04 Å². The predicted molar refractivity (Wildman–Crippen MR) is 82.8 cm³/mol. The Balaban J connectivity index is 1.95. The minimum Gasteiger partial charge on any atom is -0.323 e. The molecule has 0 radical (unpaired) electrons. The van der Waals surface area contributed by atoms with Crippen LogP contribution in [0.15, 0.2) is 47.4 Å². The molecule has 1 heterocycles. The molecule has 0 bridgehead atoms. The first-order valence-electron chi connectivity index (χ1n) is 6.70. The molecule has 1 nitrogen and oxygen atoms in total. The van der Waals surface area contributed by atoms with Crippen molar-refractivity contribution in [1.82, 2.24) is 0 Å². The number of hydrogen-bond donors (Lipinski definition) is 1. The summed E-state index contributed by atoms with van der Waals surface area (Å²) in [7, 11) is 0. The van der Waals surface area contributed by atoms with Crippen LogP contribution in [0, 0.1) is 13.8 Å². The van der Waals surface area contributed by atoms with Gasteiger partial charge in [-0.2, -0.15) is 0 Å². The van der Waals surface area contributed by atoms with Crippen LogP contribution in [0.3, 0.4) is 0 Å². The molecular weight excluding hydrogens is 250 g/mol. The molecule has 0 aliphatic carbocycles. The summed E-state index contributed by atoms with van der Waals surface area (Å²) in [5.41, 5.74) is 11.8. The average Bonchev–Trinajstić information content (AvgIpc) is 2.80. The third kappa shape index (κ3) is 2.43. The standard InChI is InChI=1S/C17H19NS/c1-11-7-12(2)9-13(8-11)17(18)15-10-19-16-6-4-3-5-14(15)16/h3-9,15,17H,10,18H2,1-2H3. The van der Waals surface area contributed by atoms with E-state index < -0.39 is 0 Å². The number of aryl methyl sites for hydroxylation is 2. The highest BCUT2D eigenvalue weighted by atomic mass is 32.2. The summed E-state index contributed by atoms with van der Waals surface area (Å²) in [4.78, 5) is 1.40. The normalized spacial score (nSPS) is 19.2. The Morgan fingerprint density at radius 2 is 1.79 bits per heavy atom. The smallest absolute Gasteiger partial charge is 0.0373 e. The van der Waals surface area contributed by atoms with Gasteiger partial charge in [0.1, 0.15) is 0 Å². The van der Waals surface area contributed by atoms with Gasteiger partial charge in [-0.1, -0.05) is 47.5 Å². The monoisotopic (exact) mass is 269 g/mol. The number of thioether (sulfide) groups is 1. The van der Waals surface area contributed by atoms with Gasteiger partial charge in [0, 0.05) is 22.6 Å². The van der Waals surface area contributed by atoms with E-state index in [1.54, 1.807) is 0 Å². The highest BCUT2D eigenvalue weighted by Gasteiger charge is 2.28. The van der Waals surface area contributed by atoms with E-state index in [4.69, 9.17) is 5.73 Å². The lowest BCUT2D eigenvalue weighted by atomic mass is 9.88. The van der Waals surface area contributed by atoms with E-state index in [1.807, 2.05) is 11.8 Å². The van der Waals surface area contributed by atoms with Gasteiger partial charge in [-0.3, -0.25) is 0 Å². The topological polar surface area (TPSA) is 26.0 Å². The van der Waals surface area contributed by atoms with Gasteiger partial charge in [0.2, 0.25) is 0 Å². The lowest BCUT2D eigenvalue weighted by Gasteiger charge is -2.21. The molecule has 2 aromatic rings. The van der Waals surface area contributed by atoms with E-state index in [1.165, 1.54) is 27.1 Å². The van der Waals surface area contributed by atoms with E-state index in [9.17, 15) is 0 Å². The van der Waals surface area contributed by atoms with Gasteiger partial charge in [0.05, 0.1) is 0 Å². The fraction of sp³-hybridized carbons (Fsp3) is 0.294. The third-order valence-corrected chi connectivity index (χ3v) is 5.01. The molecule has 0 saturated heterocycles. The molecule has 0 aromatic heterocycles. The molecule has 1 aliphatic heterocycles. The highest BCUT2D eigenvalue weighted by Crippen LogP contribution is 2.44. The first-order valence-corrected chi connectivity index (χ1v) is 7.69. The fourth-order valence-corrected chi connectivity index (χ4v) is 4.23. The molecule has 3 rings (SSSR count). The van der Waals surface area contributed by atoms with Crippen molar-refractivity contribution in [2.75, 3.05) is 5.75 Å². The van der Waals surface area contributed by atoms with Crippen molar-refractivity contribution in [2.24, 2.45) is 5.73 Å². The molecule has 2 heteroatoms. The van der Waals surface area contributed by atoms with Crippen LogP contribution in [0.1, 0.15) is 34.2 Å². The van der Waals surface area contributed by atoms with Crippen molar-refractivity contribution in [3.05, 3.63) is 64.7 Å². The molecule has 0 spiro atoms. The molecule has 0 amide bonds. The molecule has 2 N–H and O–H groups in total. The average molecular weight is 269 g/mol. The summed E-state index contributed by atoms with van der Waals surface area (Å²) in [6, 6.07) is 15.4. The minimum absolute atomic E-state index is 0.0924. The Labute approximate surface area is 119 Å². The van der Waals surface area contributed by atoms with E-state index in [0.717, 1.165) is 5.75 Å². The van der Waals surface area contributed by atoms with Crippen LogP contribution >= 0.6 is 11.8 Å². The van der Waals surface area contributed by atoms with Crippen molar-refractivity contribution in [1.29, 1.82) is 0 Å². The van der Waals surface area contributed by atoms with Crippen molar-refractivity contribution >= 4 is 11.8 Å². The second-order valence-electron chi connectivity index (χ2n) is 5.40. The number of hydrogen-bond acceptors (Lipinski definition) is 2. The van der Waals surface area contributed by atoms with Gasteiger partial charge >= 0.3 is 0 Å². The van der Waals surface area contributed by atoms with E-state index in [2.05, 4.69) is 56.3 Å². The summed E-state index contributed by atoms with van der Waals surface area (Å²) in [5, 5.41) is 0. The maximum absolute atomic E-state index is 6.54.